The van der Waals surface area contributed by atoms with Gasteiger partial charge in [-0.3, -0.25) is 9.59 Å². The van der Waals surface area contributed by atoms with Gasteiger partial charge in [0.15, 0.2) is 5.60 Å². The maximum atomic E-state index is 13.5. The summed E-state index contributed by atoms with van der Waals surface area (Å²) in [6.45, 7) is 7.29. The number of hydrogen-bond acceptors (Lipinski definition) is 9. The average Bonchev–Trinajstić information content (AvgIpc) is 3.26. The van der Waals surface area contributed by atoms with Crippen LogP contribution in [0.25, 0.3) is 22.3 Å². The molecule has 3 aromatic rings. The second-order valence-electron chi connectivity index (χ2n) is 10.8. The van der Waals surface area contributed by atoms with Crippen molar-refractivity contribution in [1.29, 1.82) is 5.41 Å². The lowest BCUT2D eigenvalue weighted by Gasteiger charge is -2.31. The van der Waals surface area contributed by atoms with Gasteiger partial charge < -0.3 is 29.3 Å². The Morgan fingerprint density at radius 2 is 2.03 bits per heavy atom. The van der Waals surface area contributed by atoms with E-state index in [9.17, 15) is 19.5 Å². The lowest BCUT2D eigenvalue weighted by molar-refractivity contribution is -0.172. The first-order valence-corrected chi connectivity index (χ1v) is 13.0. The summed E-state index contributed by atoms with van der Waals surface area (Å²) in [5.74, 6) is -0.575. The Morgan fingerprint density at radius 3 is 2.72 bits per heavy atom. The van der Waals surface area contributed by atoms with Crippen molar-refractivity contribution in [3.8, 4) is 17.1 Å². The summed E-state index contributed by atoms with van der Waals surface area (Å²) < 4.78 is 18.3. The van der Waals surface area contributed by atoms with E-state index in [1.165, 1.54) is 6.21 Å². The molecule has 4 heterocycles. The van der Waals surface area contributed by atoms with Crippen LogP contribution in [0.3, 0.4) is 0 Å². The molecule has 1 aromatic carbocycles. The molecule has 2 aliphatic rings. The molecule has 1 atom stereocenters. The van der Waals surface area contributed by atoms with Gasteiger partial charge in [-0.2, -0.15) is 0 Å². The molecule has 1 unspecified atom stereocenters. The third-order valence-electron chi connectivity index (χ3n) is 7.02. The minimum absolute atomic E-state index is 0.0537. The summed E-state index contributed by atoms with van der Waals surface area (Å²) in [5, 5.41) is 19.5. The lowest BCUT2D eigenvalue weighted by atomic mass is 9.86. The number of pyridine rings is 2. The molecule has 0 amide bonds. The minimum atomic E-state index is -1.91. The number of carbonyl (C=O) groups excluding carboxylic acids is 2. The van der Waals surface area contributed by atoms with E-state index in [-0.39, 0.29) is 55.3 Å². The Morgan fingerprint density at radius 1 is 1.26 bits per heavy atom. The van der Waals surface area contributed by atoms with Crippen LogP contribution >= 0.6 is 0 Å². The van der Waals surface area contributed by atoms with Crippen molar-refractivity contribution in [2.45, 2.75) is 71.3 Å². The van der Waals surface area contributed by atoms with Crippen molar-refractivity contribution in [2.75, 3.05) is 6.61 Å². The van der Waals surface area contributed by atoms with Gasteiger partial charge in [-0.25, -0.2) is 9.78 Å². The van der Waals surface area contributed by atoms with Crippen molar-refractivity contribution in [2.24, 2.45) is 0 Å². The summed E-state index contributed by atoms with van der Waals surface area (Å²) >= 11 is 0. The van der Waals surface area contributed by atoms with Crippen LogP contribution in [0.15, 0.2) is 29.1 Å². The number of esters is 2. The van der Waals surface area contributed by atoms with Crippen LogP contribution in [0.2, 0.25) is 0 Å². The summed E-state index contributed by atoms with van der Waals surface area (Å²) in [6.07, 6.45) is 1.89. The molecule has 5 rings (SSSR count). The average molecular weight is 534 g/mol. The first-order chi connectivity index (χ1) is 18.5. The molecule has 0 spiro atoms. The van der Waals surface area contributed by atoms with E-state index in [2.05, 4.69) is 0 Å². The predicted molar refractivity (Wildman–Crippen MR) is 143 cm³/mol. The van der Waals surface area contributed by atoms with E-state index >= 15 is 0 Å². The highest BCUT2D eigenvalue weighted by molar-refractivity contribution is 5.95. The molecule has 2 aromatic heterocycles. The van der Waals surface area contributed by atoms with Gasteiger partial charge in [-0.15, -0.1) is 0 Å². The number of carbonyl (C=O) groups is 2. The monoisotopic (exact) mass is 533 g/mol. The molecular formula is C29H31N3O7. The normalized spacial score (nSPS) is 17.7. The number of rotatable bonds is 7. The van der Waals surface area contributed by atoms with Crippen LogP contribution in [0.1, 0.15) is 69.2 Å². The van der Waals surface area contributed by atoms with Crippen LogP contribution in [0, 0.1) is 5.41 Å². The molecular weight excluding hydrogens is 502 g/mol. The van der Waals surface area contributed by atoms with Crippen molar-refractivity contribution in [3.63, 3.8) is 0 Å². The molecule has 0 saturated carbocycles. The van der Waals surface area contributed by atoms with E-state index in [1.54, 1.807) is 35.8 Å². The molecule has 10 nitrogen and oxygen atoms in total. The third-order valence-corrected chi connectivity index (χ3v) is 7.02. The zero-order valence-corrected chi connectivity index (χ0v) is 22.4. The lowest BCUT2D eigenvalue weighted by Crippen LogP contribution is -2.44. The Labute approximate surface area is 225 Å². The number of cyclic esters (lactones) is 1. The summed E-state index contributed by atoms with van der Waals surface area (Å²) in [4.78, 5) is 43.0. The number of fused-ring (bicyclic) bond motifs is 5. The first kappa shape index (κ1) is 26.6. The second kappa shape index (κ2) is 9.60. The van der Waals surface area contributed by atoms with Gasteiger partial charge in [0.25, 0.3) is 5.56 Å². The van der Waals surface area contributed by atoms with Crippen molar-refractivity contribution >= 4 is 29.1 Å². The highest BCUT2D eigenvalue weighted by atomic mass is 16.6. The molecule has 0 radical (unpaired) electrons. The van der Waals surface area contributed by atoms with Gasteiger partial charge in [0, 0.05) is 29.1 Å². The maximum Gasteiger partial charge on any atom is 0.343 e. The van der Waals surface area contributed by atoms with E-state index < -0.39 is 17.2 Å². The zero-order chi connectivity index (χ0) is 28.1. The molecule has 2 aliphatic heterocycles. The number of ether oxygens (including phenoxy) is 3. The highest BCUT2D eigenvalue weighted by Gasteiger charge is 2.45. The molecule has 2 N–H and O–H groups in total. The Bertz CT molecular complexity index is 1580. The molecule has 0 aliphatic carbocycles. The second-order valence-corrected chi connectivity index (χ2v) is 10.8. The van der Waals surface area contributed by atoms with E-state index in [0.717, 1.165) is 0 Å². The molecule has 0 saturated heterocycles. The van der Waals surface area contributed by atoms with Crippen molar-refractivity contribution < 1.29 is 28.9 Å². The zero-order valence-electron chi connectivity index (χ0n) is 22.4. The third kappa shape index (κ3) is 4.58. The predicted octanol–water partition coefficient (Wildman–Crippen LogP) is 3.58. The molecule has 0 fully saturated rings. The number of nitrogens with one attached hydrogen (secondary N) is 1. The largest absolute Gasteiger partial charge is 0.492 e. The van der Waals surface area contributed by atoms with E-state index in [0.29, 0.717) is 45.6 Å². The molecule has 39 heavy (non-hydrogen) atoms. The Balaban J connectivity index is 1.57. The van der Waals surface area contributed by atoms with Crippen LogP contribution < -0.4 is 10.3 Å². The van der Waals surface area contributed by atoms with Gasteiger partial charge >= 0.3 is 11.9 Å². The van der Waals surface area contributed by atoms with Crippen LogP contribution in [0.5, 0.6) is 5.75 Å². The maximum absolute atomic E-state index is 13.5. The summed E-state index contributed by atoms with van der Waals surface area (Å²) in [7, 11) is 0. The summed E-state index contributed by atoms with van der Waals surface area (Å²) in [6, 6.07) is 7.01. The molecule has 0 bridgehead atoms. The number of nitrogens with zero attached hydrogens (tertiary/aromatic N) is 2. The fraction of sp³-hybridized carbons (Fsp3) is 0.414. The Hall–Kier alpha value is -4.05. The van der Waals surface area contributed by atoms with E-state index in [4.69, 9.17) is 24.6 Å². The van der Waals surface area contributed by atoms with Crippen molar-refractivity contribution in [1.82, 2.24) is 9.55 Å². The quantitative estimate of drug-likeness (QED) is 0.209. The highest BCUT2D eigenvalue weighted by Crippen LogP contribution is 2.43. The van der Waals surface area contributed by atoms with Crippen LogP contribution in [-0.2, 0) is 37.8 Å². The van der Waals surface area contributed by atoms with Gasteiger partial charge in [0.05, 0.1) is 35.6 Å². The molecule has 204 valence electrons. The molecule has 10 heteroatoms. The number of benzene rings is 1. The summed E-state index contributed by atoms with van der Waals surface area (Å²) in [5.41, 5.74) is 0.574. The van der Waals surface area contributed by atoms with Crippen LogP contribution in [-0.4, -0.2) is 45.0 Å². The fourth-order valence-electron chi connectivity index (χ4n) is 5.10. The van der Waals surface area contributed by atoms with Crippen LogP contribution in [0.4, 0.5) is 0 Å². The fourth-order valence-corrected chi connectivity index (χ4v) is 5.10. The van der Waals surface area contributed by atoms with Gasteiger partial charge in [0.1, 0.15) is 18.0 Å². The topological polar surface area (TPSA) is 141 Å². The SMILES string of the molecule is CCC1(O)C(=O)OCc2c1cc1n(c2=O)Cc2c-1nc1ccc(C=N)cc1c2OCCCC(=O)OC(C)(C)C. The van der Waals surface area contributed by atoms with Gasteiger partial charge in [-0.1, -0.05) is 13.0 Å². The standard InChI is InChI=1S/C29H31N3O7/c1-5-29(36)20-12-22-24-18(14-32(22)26(34)19(20)15-38-27(29)35)25(17-11-16(13-30)8-9-21(17)31-24)37-10-6-7-23(33)39-28(2,3)4/h8-9,11-13,30,36H,5-7,10,14-15H2,1-4H3. The van der Waals surface area contributed by atoms with Gasteiger partial charge in [0.2, 0.25) is 0 Å². The Kier molecular flexibility index (Phi) is 6.54. The minimum Gasteiger partial charge on any atom is -0.492 e. The first-order valence-electron chi connectivity index (χ1n) is 13.0. The van der Waals surface area contributed by atoms with Gasteiger partial charge in [-0.05, 0) is 57.4 Å². The smallest absolute Gasteiger partial charge is 0.343 e. The number of aromatic nitrogens is 2. The number of aliphatic hydroxyl groups is 1. The van der Waals surface area contributed by atoms with Crippen molar-refractivity contribution in [3.05, 3.63) is 56.9 Å². The number of hydrogen-bond donors (Lipinski definition) is 2. The van der Waals surface area contributed by atoms with E-state index in [1.807, 2.05) is 20.8 Å².